The molecule has 5 nitrogen and oxygen atoms in total. The van der Waals surface area contributed by atoms with Gasteiger partial charge in [-0.2, -0.15) is 0 Å². The molecule has 1 aliphatic rings. The summed E-state index contributed by atoms with van der Waals surface area (Å²) < 4.78 is 0. The van der Waals surface area contributed by atoms with Gasteiger partial charge in [-0.15, -0.1) is 0 Å². The summed E-state index contributed by atoms with van der Waals surface area (Å²) in [6.07, 6.45) is 7.57. The SMILES string of the molecule is CCC1CCC(CNc2ncc([N+](=O)[O-])cc2Cl)CC1. The largest absolute Gasteiger partial charge is 0.369 e. The van der Waals surface area contributed by atoms with E-state index in [1.807, 2.05) is 0 Å². The zero-order chi connectivity index (χ0) is 14.5. The highest BCUT2D eigenvalue weighted by atomic mass is 35.5. The fraction of sp³-hybridized carbons (Fsp3) is 0.643. The molecule has 6 heteroatoms. The molecule has 0 spiro atoms. The number of rotatable bonds is 5. The highest BCUT2D eigenvalue weighted by Gasteiger charge is 2.20. The molecule has 20 heavy (non-hydrogen) atoms. The fourth-order valence-electron chi connectivity index (χ4n) is 2.74. The van der Waals surface area contributed by atoms with Gasteiger partial charge < -0.3 is 5.32 Å². The van der Waals surface area contributed by atoms with Crippen LogP contribution in [0.1, 0.15) is 39.0 Å². The first-order chi connectivity index (χ1) is 9.60. The molecule has 0 aromatic carbocycles. The lowest BCUT2D eigenvalue weighted by molar-refractivity contribution is -0.385. The summed E-state index contributed by atoms with van der Waals surface area (Å²) in [6.45, 7) is 3.09. The lowest BCUT2D eigenvalue weighted by Gasteiger charge is -2.28. The van der Waals surface area contributed by atoms with Crippen LogP contribution in [0.4, 0.5) is 11.5 Å². The maximum atomic E-state index is 10.6. The smallest absolute Gasteiger partial charge is 0.289 e. The monoisotopic (exact) mass is 297 g/mol. The van der Waals surface area contributed by atoms with Gasteiger partial charge >= 0.3 is 0 Å². The van der Waals surface area contributed by atoms with Gasteiger partial charge in [0, 0.05) is 12.6 Å². The van der Waals surface area contributed by atoms with Crippen LogP contribution in [0.25, 0.3) is 0 Å². The van der Waals surface area contributed by atoms with Gasteiger partial charge in [-0.25, -0.2) is 4.98 Å². The molecule has 0 aliphatic heterocycles. The van der Waals surface area contributed by atoms with E-state index in [1.54, 1.807) is 0 Å². The van der Waals surface area contributed by atoms with Crippen LogP contribution in [0.5, 0.6) is 0 Å². The van der Waals surface area contributed by atoms with Gasteiger partial charge in [0.15, 0.2) is 0 Å². The van der Waals surface area contributed by atoms with Crippen molar-refractivity contribution in [3.8, 4) is 0 Å². The Kier molecular flexibility index (Phi) is 5.17. The Morgan fingerprint density at radius 1 is 1.40 bits per heavy atom. The maximum Gasteiger partial charge on any atom is 0.289 e. The van der Waals surface area contributed by atoms with E-state index in [-0.39, 0.29) is 5.69 Å². The molecular weight excluding hydrogens is 278 g/mol. The second kappa shape index (κ2) is 6.88. The van der Waals surface area contributed by atoms with E-state index < -0.39 is 4.92 Å². The molecule has 2 rings (SSSR count). The van der Waals surface area contributed by atoms with Crippen molar-refractivity contribution >= 4 is 23.1 Å². The van der Waals surface area contributed by atoms with Gasteiger partial charge in [0.1, 0.15) is 12.0 Å². The van der Waals surface area contributed by atoms with Crippen LogP contribution in [0.3, 0.4) is 0 Å². The minimum Gasteiger partial charge on any atom is -0.369 e. The van der Waals surface area contributed by atoms with Crippen molar-refractivity contribution < 1.29 is 4.92 Å². The molecule has 1 aromatic rings. The van der Waals surface area contributed by atoms with Gasteiger partial charge in [-0.05, 0) is 24.7 Å². The summed E-state index contributed by atoms with van der Waals surface area (Å²) in [4.78, 5) is 14.2. The Morgan fingerprint density at radius 3 is 2.60 bits per heavy atom. The van der Waals surface area contributed by atoms with Gasteiger partial charge in [-0.3, -0.25) is 10.1 Å². The van der Waals surface area contributed by atoms with Crippen molar-refractivity contribution in [1.29, 1.82) is 0 Å². The van der Waals surface area contributed by atoms with Crippen LogP contribution in [-0.4, -0.2) is 16.5 Å². The first kappa shape index (κ1) is 15.0. The van der Waals surface area contributed by atoms with Crippen molar-refractivity contribution in [2.45, 2.75) is 39.0 Å². The summed E-state index contributed by atoms with van der Waals surface area (Å²) in [6, 6.07) is 1.34. The second-order valence-corrected chi connectivity index (χ2v) is 5.86. The van der Waals surface area contributed by atoms with E-state index in [4.69, 9.17) is 11.6 Å². The summed E-state index contributed by atoms with van der Waals surface area (Å²) in [5.41, 5.74) is -0.0796. The highest BCUT2D eigenvalue weighted by molar-refractivity contribution is 6.33. The molecule has 1 saturated carbocycles. The Balaban J connectivity index is 1.87. The normalized spacial score (nSPS) is 22.5. The average Bonchev–Trinajstić information content (AvgIpc) is 2.46. The number of nitro groups is 1. The number of nitrogens with zero attached hydrogens (tertiary/aromatic N) is 2. The number of hydrogen-bond donors (Lipinski definition) is 1. The molecule has 0 bridgehead atoms. The molecule has 110 valence electrons. The van der Waals surface area contributed by atoms with E-state index in [2.05, 4.69) is 17.2 Å². The topological polar surface area (TPSA) is 68.1 Å². The van der Waals surface area contributed by atoms with Gasteiger partial charge in [0.05, 0.1) is 9.95 Å². The van der Waals surface area contributed by atoms with Crippen LogP contribution in [0.15, 0.2) is 12.3 Å². The molecule has 0 unspecified atom stereocenters. The number of halogens is 1. The molecule has 1 N–H and O–H groups in total. The van der Waals surface area contributed by atoms with Gasteiger partial charge in [0.25, 0.3) is 5.69 Å². The quantitative estimate of drug-likeness (QED) is 0.651. The van der Waals surface area contributed by atoms with Crippen LogP contribution in [0, 0.1) is 22.0 Å². The molecule has 0 amide bonds. The van der Waals surface area contributed by atoms with E-state index in [1.165, 1.54) is 44.4 Å². The second-order valence-electron chi connectivity index (χ2n) is 5.46. The predicted octanol–water partition coefficient (Wildman–Crippen LogP) is 4.27. The first-order valence-corrected chi connectivity index (χ1v) is 7.51. The third-order valence-corrected chi connectivity index (χ3v) is 4.43. The molecule has 1 aromatic heterocycles. The number of pyridine rings is 1. The summed E-state index contributed by atoms with van der Waals surface area (Å²) in [5, 5.41) is 14.1. The van der Waals surface area contributed by atoms with E-state index >= 15 is 0 Å². The molecule has 0 atom stereocenters. The number of nitrogens with one attached hydrogen (secondary N) is 1. The van der Waals surface area contributed by atoms with Crippen molar-refractivity contribution in [2.24, 2.45) is 11.8 Å². The summed E-state index contributed by atoms with van der Waals surface area (Å²) in [5.74, 6) is 2.06. The molecule has 0 saturated heterocycles. The third kappa shape index (κ3) is 3.82. The number of aromatic nitrogens is 1. The Hall–Kier alpha value is -1.36. The van der Waals surface area contributed by atoms with Crippen LogP contribution in [0.2, 0.25) is 5.02 Å². The van der Waals surface area contributed by atoms with E-state index in [9.17, 15) is 10.1 Å². The summed E-state index contributed by atoms with van der Waals surface area (Å²) in [7, 11) is 0. The first-order valence-electron chi connectivity index (χ1n) is 7.14. The molecule has 0 radical (unpaired) electrons. The fourth-order valence-corrected chi connectivity index (χ4v) is 2.97. The van der Waals surface area contributed by atoms with Gasteiger partial charge in [0.2, 0.25) is 0 Å². The highest BCUT2D eigenvalue weighted by Crippen LogP contribution is 2.31. The average molecular weight is 298 g/mol. The predicted molar refractivity (Wildman–Crippen MR) is 80.1 cm³/mol. The Bertz CT molecular complexity index is 473. The zero-order valence-corrected chi connectivity index (χ0v) is 12.4. The summed E-state index contributed by atoms with van der Waals surface area (Å²) >= 11 is 6.01. The Labute approximate surface area is 123 Å². The number of anilines is 1. The lowest BCUT2D eigenvalue weighted by Crippen LogP contribution is -2.21. The minimum absolute atomic E-state index is 0.0796. The zero-order valence-electron chi connectivity index (χ0n) is 11.6. The molecule has 1 aliphatic carbocycles. The standard InChI is InChI=1S/C14H20ClN3O2/c1-2-10-3-5-11(6-4-10)8-16-14-13(15)7-12(9-17-14)18(19)20/h7,9-11H,2-6,8H2,1H3,(H,16,17). The van der Waals surface area contributed by atoms with Crippen LogP contribution in [-0.2, 0) is 0 Å². The Morgan fingerprint density at radius 2 is 2.05 bits per heavy atom. The number of hydrogen-bond acceptors (Lipinski definition) is 4. The van der Waals surface area contributed by atoms with Crippen LogP contribution < -0.4 is 5.32 Å². The van der Waals surface area contributed by atoms with Crippen molar-refractivity contribution in [3.05, 3.63) is 27.4 Å². The van der Waals surface area contributed by atoms with Gasteiger partial charge in [-0.1, -0.05) is 37.8 Å². The van der Waals surface area contributed by atoms with Crippen molar-refractivity contribution in [3.63, 3.8) is 0 Å². The van der Waals surface area contributed by atoms with E-state index in [0.29, 0.717) is 16.8 Å². The molecule has 1 fully saturated rings. The van der Waals surface area contributed by atoms with Crippen molar-refractivity contribution in [2.75, 3.05) is 11.9 Å². The third-order valence-electron chi connectivity index (χ3n) is 4.14. The van der Waals surface area contributed by atoms with E-state index in [0.717, 1.165) is 12.5 Å². The molecule has 1 heterocycles. The maximum absolute atomic E-state index is 10.6. The minimum atomic E-state index is -0.491. The van der Waals surface area contributed by atoms with Crippen molar-refractivity contribution in [1.82, 2.24) is 4.98 Å². The lowest BCUT2D eigenvalue weighted by atomic mass is 9.81. The molecular formula is C14H20ClN3O2. The van der Waals surface area contributed by atoms with Crippen LogP contribution >= 0.6 is 11.6 Å².